The molecule has 0 unspecified atom stereocenters. The van der Waals surface area contributed by atoms with Crippen LogP contribution in [0.1, 0.15) is 64.7 Å². The molecule has 0 radical (unpaired) electrons. The number of carbonyl (C=O) groups excluding carboxylic acids is 3. The minimum Gasteiger partial charge on any atom is -0.492 e. The summed E-state index contributed by atoms with van der Waals surface area (Å²) in [7, 11) is 0. The predicted octanol–water partition coefficient (Wildman–Crippen LogP) is 3.93. The molecule has 1 aromatic heterocycles. The Bertz CT molecular complexity index is 919. The van der Waals surface area contributed by atoms with E-state index in [2.05, 4.69) is 5.32 Å². The molecule has 1 heterocycles. The number of aromatic nitrogens is 1. The number of fused-ring (bicyclic) bond motifs is 1. The van der Waals surface area contributed by atoms with Gasteiger partial charge in [0.2, 0.25) is 11.8 Å². The van der Waals surface area contributed by atoms with Gasteiger partial charge in [-0.25, -0.2) is 4.79 Å². The molecule has 7 heteroatoms. The summed E-state index contributed by atoms with van der Waals surface area (Å²) in [4.78, 5) is 42.2. The zero-order chi connectivity index (χ0) is 21.2. The van der Waals surface area contributed by atoms with E-state index >= 15 is 0 Å². The molecule has 0 saturated carbocycles. The Kier molecular flexibility index (Phi) is 6.17. The number of nitrogens with one attached hydrogen (secondary N) is 1. The molecule has 0 atom stereocenters. The number of carbonyl (C=O) groups is 3. The van der Waals surface area contributed by atoms with Gasteiger partial charge in [-0.1, -0.05) is 20.8 Å². The first-order valence-corrected chi connectivity index (χ1v) is 9.39. The van der Waals surface area contributed by atoms with Crippen molar-refractivity contribution in [2.45, 2.75) is 54.4 Å². The maximum Gasteiger partial charge on any atom is 0.338 e. The fourth-order valence-corrected chi connectivity index (χ4v) is 2.67. The molecule has 2 rings (SSSR count). The molecule has 1 aromatic carbocycles. The molecular formula is C21H28N2O5. The zero-order valence-corrected chi connectivity index (χ0v) is 17.3. The highest BCUT2D eigenvalue weighted by Crippen LogP contribution is 2.34. The van der Waals surface area contributed by atoms with Gasteiger partial charge in [-0.3, -0.25) is 9.59 Å². The van der Waals surface area contributed by atoms with Crippen LogP contribution in [0.4, 0.5) is 5.69 Å². The molecule has 28 heavy (non-hydrogen) atoms. The monoisotopic (exact) mass is 388 g/mol. The second-order valence-electron chi connectivity index (χ2n) is 8.28. The van der Waals surface area contributed by atoms with E-state index in [1.54, 1.807) is 45.9 Å². The van der Waals surface area contributed by atoms with Crippen LogP contribution in [0.3, 0.4) is 0 Å². The van der Waals surface area contributed by atoms with Gasteiger partial charge in [0.1, 0.15) is 0 Å². The molecule has 0 aliphatic rings. The predicted molar refractivity (Wildman–Crippen MR) is 107 cm³/mol. The van der Waals surface area contributed by atoms with Crippen molar-refractivity contribution in [3.05, 3.63) is 23.8 Å². The lowest BCUT2D eigenvalue weighted by atomic mass is 9.98. The maximum absolute atomic E-state index is 12.4. The van der Waals surface area contributed by atoms with E-state index in [9.17, 15) is 19.5 Å². The average molecular weight is 388 g/mol. The van der Waals surface area contributed by atoms with E-state index in [0.29, 0.717) is 23.0 Å². The van der Waals surface area contributed by atoms with E-state index < -0.39 is 17.3 Å². The first-order valence-electron chi connectivity index (χ1n) is 9.39. The molecule has 1 amide bonds. The number of benzene rings is 1. The standard InChI is InChI=1S/C21H28N2O5/c1-7-16(24)18-14-9-8-13(22-17(25)10-12(2)3)11-15(14)23(19(18)26)28-20(27)21(4,5)6/h8-9,11-12,26H,7,10H2,1-6H3,(H,22,25). The summed E-state index contributed by atoms with van der Waals surface area (Å²) < 4.78 is 0.962. The minimum atomic E-state index is -0.805. The normalized spacial score (nSPS) is 11.7. The summed E-state index contributed by atoms with van der Waals surface area (Å²) >= 11 is 0. The second-order valence-corrected chi connectivity index (χ2v) is 8.28. The Labute approximate surface area is 164 Å². The number of ketones is 1. The van der Waals surface area contributed by atoms with Crippen LogP contribution < -0.4 is 10.2 Å². The number of hydrogen-bond donors (Lipinski definition) is 2. The third-order valence-corrected chi connectivity index (χ3v) is 4.17. The van der Waals surface area contributed by atoms with Crippen LogP contribution in [0.25, 0.3) is 10.9 Å². The molecule has 0 fully saturated rings. The van der Waals surface area contributed by atoms with Gasteiger partial charge in [0.05, 0.1) is 16.5 Å². The largest absolute Gasteiger partial charge is 0.492 e. The first kappa shape index (κ1) is 21.5. The Morgan fingerprint density at radius 2 is 1.86 bits per heavy atom. The van der Waals surface area contributed by atoms with Gasteiger partial charge in [0.25, 0.3) is 0 Å². The third-order valence-electron chi connectivity index (χ3n) is 4.17. The summed E-state index contributed by atoms with van der Waals surface area (Å²) in [6, 6.07) is 4.86. The van der Waals surface area contributed by atoms with Crippen molar-refractivity contribution in [2.75, 3.05) is 5.32 Å². The van der Waals surface area contributed by atoms with Crippen LogP contribution in [-0.4, -0.2) is 27.5 Å². The van der Waals surface area contributed by atoms with Crippen molar-refractivity contribution < 1.29 is 24.3 Å². The first-order chi connectivity index (χ1) is 13.0. The van der Waals surface area contributed by atoms with Crippen LogP contribution >= 0.6 is 0 Å². The fraction of sp³-hybridized carbons (Fsp3) is 0.476. The van der Waals surface area contributed by atoms with Crippen LogP contribution in [0.5, 0.6) is 5.88 Å². The van der Waals surface area contributed by atoms with E-state index in [1.807, 2.05) is 13.8 Å². The van der Waals surface area contributed by atoms with Gasteiger partial charge in [0.15, 0.2) is 5.78 Å². The summed E-state index contributed by atoms with van der Waals surface area (Å²) in [5.41, 5.74) is 0.105. The summed E-state index contributed by atoms with van der Waals surface area (Å²) in [5, 5.41) is 13.8. The van der Waals surface area contributed by atoms with Crippen LogP contribution in [-0.2, 0) is 9.59 Å². The number of aromatic hydroxyl groups is 1. The second kappa shape index (κ2) is 8.04. The highest BCUT2D eigenvalue weighted by Gasteiger charge is 2.29. The molecule has 7 nitrogen and oxygen atoms in total. The van der Waals surface area contributed by atoms with Gasteiger partial charge in [-0.05, 0) is 44.9 Å². The summed E-state index contributed by atoms with van der Waals surface area (Å²) in [6.45, 7) is 10.6. The Morgan fingerprint density at radius 3 is 2.39 bits per heavy atom. The SMILES string of the molecule is CCC(=O)c1c(O)n(OC(=O)C(C)(C)C)c2cc(NC(=O)CC(C)C)ccc12. The highest BCUT2D eigenvalue weighted by molar-refractivity contribution is 6.11. The molecule has 2 N–H and O–H groups in total. The van der Waals surface area contributed by atoms with E-state index in [-0.39, 0.29) is 29.6 Å². The van der Waals surface area contributed by atoms with Gasteiger partial charge in [-0.15, -0.1) is 4.73 Å². The van der Waals surface area contributed by atoms with Crippen LogP contribution in [0.15, 0.2) is 18.2 Å². The molecule has 0 spiro atoms. The molecule has 0 aliphatic heterocycles. The lowest BCUT2D eigenvalue weighted by Crippen LogP contribution is -2.31. The molecule has 0 aliphatic carbocycles. The van der Waals surface area contributed by atoms with E-state index in [4.69, 9.17) is 4.84 Å². The lowest BCUT2D eigenvalue weighted by molar-refractivity contribution is -0.153. The van der Waals surface area contributed by atoms with Crippen LogP contribution in [0, 0.1) is 11.3 Å². The summed E-state index contributed by atoms with van der Waals surface area (Å²) in [5.74, 6) is -1.20. The lowest BCUT2D eigenvalue weighted by Gasteiger charge is -2.17. The third kappa shape index (κ3) is 4.52. The minimum absolute atomic E-state index is 0.0965. The smallest absolute Gasteiger partial charge is 0.338 e. The van der Waals surface area contributed by atoms with Crippen molar-refractivity contribution >= 4 is 34.3 Å². The van der Waals surface area contributed by atoms with E-state index in [0.717, 1.165) is 4.73 Å². The fourth-order valence-electron chi connectivity index (χ4n) is 2.67. The molecule has 0 bridgehead atoms. The average Bonchev–Trinajstić information content (AvgIpc) is 2.84. The topological polar surface area (TPSA) is 97.6 Å². The van der Waals surface area contributed by atoms with Gasteiger partial charge in [-0.2, -0.15) is 0 Å². The Morgan fingerprint density at radius 1 is 1.21 bits per heavy atom. The maximum atomic E-state index is 12.4. The molecule has 0 saturated heterocycles. The highest BCUT2D eigenvalue weighted by atomic mass is 16.7. The number of Topliss-reactive ketones (excluding diaryl/α,β-unsaturated/α-hetero) is 1. The van der Waals surface area contributed by atoms with Gasteiger partial charge in [0, 0.05) is 23.9 Å². The van der Waals surface area contributed by atoms with Gasteiger partial charge >= 0.3 is 5.97 Å². The van der Waals surface area contributed by atoms with Crippen molar-refractivity contribution in [3.63, 3.8) is 0 Å². The quantitative estimate of drug-likeness (QED) is 0.731. The number of amides is 1. The Balaban J connectivity index is 2.56. The van der Waals surface area contributed by atoms with Gasteiger partial charge < -0.3 is 15.3 Å². The number of nitrogens with zero attached hydrogens (tertiary/aromatic N) is 1. The van der Waals surface area contributed by atoms with Crippen molar-refractivity contribution in [1.29, 1.82) is 0 Å². The van der Waals surface area contributed by atoms with Crippen molar-refractivity contribution in [1.82, 2.24) is 4.73 Å². The van der Waals surface area contributed by atoms with E-state index in [1.165, 1.54) is 0 Å². The number of hydrogen-bond acceptors (Lipinski definition) is 5. The molecule has 152 valence electrons. The summed E-state index contributed by atoms with van der Waals surface area (Å²) in [6.07, 6.45) is 0.551. The molecular weight excluding hydrogens is 360 g/mol. The van der Waals surface area contributed by atoms with Crippen molar-refractivity contribution in [2.24, 2.45) is 11.3 Å². The number of anilines is 1. The van der Waals surface area contributed by atoms with Crippen molar-refractivity contribution in [3.8, 4) is 5.88 Å². The molecule has 2 aromatic rings. The van der Waals surface area contributed by atoms with Crippen LogP contribution in [0.2, 0.25) is 0 Å². The zero-order valence-electron chi connectivity index (χ0n) is 17.3. The number of rotatable bonds is 6. The Hall–Kier alpha value is -2.83.